The van der Waals surface area contributed by atoms with Crippen LogP contribution in [0.15, 0.2) is 10.6 Å². The van der Waals surface area contributed by atoms with E-state index in [-0.39, 0.29) is 11.8 Å². The molecule has 2 amide bonds. The van der Waals surface area contributed by atoms with Crippen LogP contribution in [-0.4, -0.2) is 59.0 Å². The van der Waals surface area contributed by atoms with Crippen molar-refractivity contribution < 1.29 is 14.1 Å². The number of carbonyl (C=O) groups excluding carboxylic acids is 2. The van der Waals surface area contributed by atoms with Crippen LogP contribution >= 0.6 is 0 Å². The maximum atomic E-state index is 12.6. The summed E-state index contributed by atoms with van der Waals surface area (Å²) in [6.07, 6.45) is 6.22. The number of aromatic nitrogens is 1. The van der Waals surface area contributed by atoms with Gasteiger partial charge in [-0.1, -0.05) is 5.16 Å². The lowest BCUT2D eigenvalue weighted by molar-refractivity contribution is -0.134. The molecule has 1 N–H and O–H groups in total. The average molecular weight is 374 g/mol. The second-order valence-corrected chi connectivity index (χ2v) is 8.32. The number of hydrogen-bond acceptors (Lipinski definition) is 5. The first-order chi connectivity index (χ1) is 13.1. The van der Waals surface area contributed by atoms with E-state index in [1.807, 2.05) is 13.0 Å². The van der Waals surface area contributed by atoms with E-state index in [1.54, 1.807) is 0 Å². The van der Waals surface area contributed by atoms with Crippen molar-refractivity contribution in [1.29, 1.82) is 0 Å². The third-order valence-electron chi connectivity index (χ3n) is 6.16. The molecule has 1 aromatic heterocycles. The van der Waals surface area contributed by atoms with Crippen LogP contribution in [0.1, 0.15) is 50.0 Å². The van der Waals surface area contributed by atoms with Crippen LogP contribution in [0.4, 0.5) is 0 Å². The van der Waals surface area contributed by atoms with E-state index in [9.17, 15) is 9.59 Å². The predicted molar refractivity (Wildman–Crippen MR) is 99.7 cm³/mol. The molecule has 1 aliphatic carbocycles. The molecular formula is C20H30N4O3. The molecule has 3 fully saturated rings. The zero-order chi connectivity index (χ0) is 18.8. The minimum atomic E-state index is 0.0360. The molecule has 0 bridgehead atoms. The Bertz CT molecular complexity index is 677. The fourth-order valence-corrected chi connectivity index (χ4v) is 4.41. The van der Waals surface area contributed by atoms with E-state index >= 15 is 0 Å². The van der Waals surface area contributed by atoms with Gasteiger partial charge >= 0.3 is 0 Å². The van der Waals surface area contributed by atoms with Crippen LogP contribution in [0.25, 0.3) is 0 Å². The summed E-state index contributed by atoms with van der Waals surface area (Å²) in [7, 11) is 0. The van der Waals surface area contributed by atoms with Crippen LogP contribution in [0, 0.1) is 18.8 Å². The van der Waals surface area contributed by atoms with Crippen LogP contribution in [0.3, 0.4) is 0 Å². The molecule has 4 rings (SSSR count). The number of rotatable bonds is 5. The predicted octanol–water partition coefficient (Wildman–Crippen LogP) is 1.71. The Morgan fingerprint density at radius 1 is 1.15 bits per heavy atom. The molecule has 1 saturated carbocycles. The maximum absolute atomic E-state index is 12.6. The first-order valence-electron chi connectivity index (χ1n) is 10.3. The summed E-state index contributed by atoms with van der Waals surface area (Å²) < 4.78 is 5.16. The lowest BCUT2D eigenvalue weighted by Crippen LogP contribution is -2.51. The van der Waals surface area contributed by atoms with Crippen molar-refractivity contribution in [2.24, 2.45) is 11.8 Å². The molecule has 0 radical (unpaired) electrons. The SMILES string of the molecule is Cc1cc(CNC(=O)C2CCCN(C3CCN(C(=O)C4CC4)CC3)C2)on1. The van der Waals surface area contributed by atoms with Gasteiger partial charge in [-0.15, -0.1) is 0 Å². The summed E-state index contributed by atoms with van der Waals surface area (Å²) in [6.45, 7) is 5.90. The molecule has 3 heterocycles. The van der Waals surface area contributed by atoms with Crippen molar-refractivity contribution in [3.05, 3.63) is 17.5 Å². The third-order valence-corrected chi connectivity index (χ3v) is 6.16. The summed E-state index contributed by atoms with van der Waals surface area (Å²) in [5.41, 5.74) is 0.828. The van der Waals surface area contributed by atoms with Gasteiger partial charge in [0, 0.05) is 37.7 Å². The number of nitrogens with zero attached hydrogens (tertiary/aromatic N) is 3. The monoisotopic (exact) mass is 374 g/mol. The smallest absolute Gasteiger partial charge is 0.225 e. The molecule has 7 nitrogen and oxygen atoms in total. The van der Waals surface area contributed by atoms with E-state index in [4.69, 9.17) is 4.52 Å². The van der Waals surface area contributed by atoms with Gasteiger partial charge in [0.2, 0.25) is 11.8 Å². The average Bonchev–Trinajstić information content (AvgIpc) is 3.47. The molecule has 1 unspecified atom stereocenters. The van der Waals surface area contributed by atoms with Crippen molar-refractivity contribution in [2.75, 3.05) is 26.2 Å². The zero-order valence-corrected chi connectivity index (χ0v) is 16.2. The molecule has 7 heteroatoms. The molecule has 0 spiro atoms. The molecule has 3 aliphatic rings. The lowest BCUT2D eigenvalue weighted by Gasteiger charge is -2.42. The van der Waals surface area contributed by atoms with E-state index in [0.29, 0.717) is 30.2 Å². The minimum absolute atomic E-state index is 0.0360. The molecule has 148 valence electrons. The molecule has 2 aliphatic heterocycles. The summed E-state index contributed by atoms with van der Waals surface area (Å²) in [6, 6.07) is 2.35. The summed E-state index contributed by atoms with van der Waals surface area (Å²) >= 11 is 0. The van der Waals surface area contributed by atoms with Gasteiger partial charge in [-0.3, -0.25) is 14.5 Å². The van der Waals surface area contributed by atoms with Crippen LogP contribution < -0.4 is 5.32 Å². The highest BCUT2D eigenvalue weighted by Crippen LogP contribution is 2.32. The van der Waals surface area contributed by atoms with E-state index < -0.39 is 0 Å². The number of likely N-dealkylation sites (tertiary alicyclic amines) is 2. The van der Waals surface area contributed by atoms with Gasteiger partial charge in [-0.05, 0) is 52.0 Å². The van der Waals surface area contributed by atoms with Crippen LogP contribution in [0.5, 0.6) is 0 Å². The highest BCUT2D eigenvalue weighted by Gasteiger charge is 2.37. The normalized spacial score (nSPS) is 24.8. The van der Waals surface area contributed by atoms with E-state index in [2.05, 4.69) is 20.3 Å². The third kappa shape index (κ3) is 4.51. The second kappa shape index (κ2) is 8.00. The Morgan fingerprint density at radius 2 is 1.93 bits per heavy atom. The fraction of sp³-hybridized carbons (Fsp3) is 0.750. The van der Waals surface area contributed by atoms with E-state index in [0.717, 1.165) is 70.4 Å². The minimum Gasteiger partial charge on any atom is -0.359 e. The van der Waals surface area contributed by atoms with Gasteiger partial charge in [-0.2, -0.15) is 0 Å². The number of amides is 2. The fourth-order valence-electron chi connectivity index (χ4n) is 4.41. The van der Waals surface area contributed by atoms with Crippen molar-refractivity contribution >= 4 is 11.8 Å². The zero-order valence-electron chi connectivity index (χ0n) is 16.2. The quantitative estimate of drug-likeness (QED) is 0.849. The summed E-state index contributed by atoms with van der Waals surface area (Å²) in [5, 5.41) is 6.85. The number of nitrogens with one attached hydrogen (secondary N) is 1. The molecule has 27 heavy (non-hydrogen) atoms. The second-order valence-electron chi connectivity index (χ2n) is 8.32. The van der Waals surface area contributed by atoms with Gasteiger partial charge in [0.1, 0.15) is 0 Å². The van der Waals surface area contributed by atoms with Crippen molar-refractivity contribution in [3.63, 3.8) is 0 Å². The Balaban J connectivity index is 1.24. The molecule has 0 aromatic carbocycles. The Kier molecular flexibility index (Phi) is 5.48. The molecule has 1 aromatic rings. The highest BCUT2D eigenvalue weighted by atomic mass is 16.5. The summed E-state index contributed by atoms with van der Waals surface area (Å²) in [4.78, 5) is 29.3. The van der Waals surface area contributed by atoms with Crippen molar-refractivity contribution in [2.45, 2.75) is 58.0 Å². The number of hydrogen-bond donors (Lipinski definition) is 1. The Labute approximate surface area is 160 Å². The Hall–Kier alpha value is -1.89. The van der Waals surface area contributed by atoms with Gasteiger partial charge in [0.15, 0.2) is 5.76 Å². The molecule has 1 atom stereocenters. The maximum Gasteiger partial charge on any atom is 0.225 e. The molecule has 2 saturated heterocycles. The standard InChI is InChI=1S/C20H30N4O3/c1-14-11-18(27-22-14)12-21-19(25)16-3-2-8-24(13-16)17-6-9-23(10-7-17)20(26)15-4-5-15/h11,15-17H,2-10,12-13H2,1H3,(H,21,25). The van der Waals surface area contributed by atoms with Crippen molar-refractivity contribution in [1.82, 2.24) is 20.3 Å². The first-order valence-corrected chi connectivity index (χ1v) is 10.3. The molecular weight excluding hydrogens is 344 g/mol. The number of carbonyl (C=O) groups is 2. The lowest BCUT2D eigenvalue weighted by atomic mass is 9.93. The van der Waals surface area contributed by atoms with Crippen LogP contribution in [-0.2, 0) is 16.1 Å². The number of piperidine rings is 2. The topological polar surface area (TPSA) is 78.7 Å². The van der Waals surface area contributed by atoms with Gasteiger partial charge in [-0.25, -0.2) is 0 Å². The first kappa shape index (κ1) is 18.5. The highest BCUT2D eigenvalue weighted by molar-refractivity contribution is 5.81. The van der Waals surface area contributed by atoms with Crippen molar-refractivity contribution in [3.8, 4) is 0 Å². The van der Waals surface area contributed by atoms with Gasteiger partial charge in [0.25, 0.3) is 0 Å². The van der Waals surface area contributed by atoms with E-state index in [1.165, 1.54) is 0 Å². The summed E-state index contributed by atoms with van der Waals surface area (Å²) in [5.74, 6) is 1.52. The Morgan fingerprint density at radius 3 is 2.59 bits per heavy atom. The number of aryl methyl sites for hydroxylation is 1. The van der Waals surface area contributed by atoms with Gasteiger partial charge < -0.3 is 14.7 Å². The van der Waals surface area contributed by atoms with Gasteiger partial charge in [0.05, 0.1) is 18.2 Å². The van der Waals surface area contributed by atoms with Crippen LogP contribution in [0.2, 0.25) is 0 Å². The largest absolute Gasteiger partial charge is 0.359 e.